The number of nitrogens with zero attached hydrogens (tertiary/aromatic N) is 1. The minimum absolute atomic E-state index is 0.228. The van der Waals surface area contributed by atoms with Gasteiger partial charge in [0, 0.05) is 13.0 Å². The van der Waals surface area contributed by atoms with E-state index >= 15 is 0 Å². The molecule has 1 aliphatic heterocycles. The number of anilines is 2. The summed E-state index contributed by atoms with van der Waals surface area (Å²) in [6.45, 7) is 1.05. The number of carbonyl (C=O) groups is 3. The highest BCUT2D eigenvalue weighted by molar-refractivity contribution is 6.23. The van der Waals surface area contributed by atoms with Crippen molar-refractivity contribution >= 4 is 29.2 Å². The molecule has 4 N–H and O–H groups in total. The Morgan fingerprint density at radius 1 is 1.20 bits per heavy atom. The molecule has 0 atom stereocenters. The molecule has 1 aliphatic rings. The SMILES string of the molecule is CC(=O)Nc1c(F)ccc(-n2c(N)c3c(cc2=O)C(=O)NC3=O)c1F. The van der Waals surface area contributed by atoms with Gasteiger partial charge in [0.1, 0.15) is 17.3 Å². The van der Waals surface area contributed by atoms with E-state index in [-0.39, 0.29) is 11.1 Å². The predicted molar refractivity (Wildman–Crippen MR) is 82.5 cm³/mol. The first-order chi connectivity index (χ1) is 11.7. The highest BCUT2D eigenvalue weighted by Crippen LogP contribution is 2.28. The molecule has 0 saturated carbocycles. The van der Waals surface area contributed by atoms with Crippen LogP contribution in [0.2, 0.25) is 0 Å². The molecule has 2 aromatic rings. The second kappa shape index (κ2) is 5.51. The van der Waals surface area contributed by atoms with E-state index in [1.54, 1.807) is 0 Å². The maximum atomic E-state index is 14.6. The van der Waals surface area contributed by atoms with Crippen molar-refractivity contribution in [1.29, 1.82) is 0 Å². The molecule has 10 heteroatoms. The summed E-state index contributed by atoms with van der Waals surface area (Å²) in [5, 5.41) is 3.95. The minimum atomic E-state index is -1.26. The monoisotopic (exact) mass is 348 g/mol. The summed E-state index contributed by atoms with van der Waals surface area (Å²) in [7, 11) is 0. The topological polar surface area (TPSA) is 123 Å². The smallest absolute Gasteiger partial charge is 0.262 e. The molecular weight excluding hydrogens is 338 g/mol. The van der Waals surface area contributed by atoms with E-state index in [0.29, 0.717) is 4.57 Å². The third kappa shape index (κ3) is 2.43. The van der Waals surface area contributed by atoms with Crippen LogP contribution in [-0.2, 0) is 4.79 Å². The molecule has 8 nitrogen and oxygen atoms in total. The molecule has 0 spiro atoms. The van der Waals surface area contributed by atoms with Gasteiger partial charge in [-0.05, 0) is 12.1 Å². The van der Waals surface area contributed by atoms with Crippen LogP contribution in [0.15, 0.2) is 23.0 Å². The second-order valence-electron chi connectivity index (χ2n) is 5.21. The van der Waals surface area contributed by atoms with Gasteiger partial charge in [-0.3, -0.25) is 29.1 Å². The van der Waals surface area contributed by atoms with Gasteiger partial charge < -0.3 is 11.1 Å². The van der Waals surface area contributed by atoms with Gasteiger partial charge in [0.25, 0.3) is 17.4 Å². The van der Waals surface area contributed by atoms with Crippen LogP contribution in [0.25, 0.3) is 5.69 Å². The normalized spacial score (nSPS) is 12.8. The Hall–Kier alpha value is -3.56. The van der Waals surface area contributed by atoms with Gasteiger partial charge >= 0.3 is 0 Å². The number of aromatic nitrogens is 1. The molecule has 3 amide bonds. The van der Waals surface area contributed by atoms with E-state index in [2.05, 4.69) is 0 Å². The lowest BCUT2D eigenvalue weighted by Gasteiger charge is -2.15. The molecule has 1 aromatic carbocycles. The quantitative estimate of drug-likeness (QED) is 0.684. The zero-order valence-electron chi connectivity index (χ0n) is 12.6. The highest BCUT2D eigenvalue weighted by atomic mass is 19.1. The number of rotatable bonds is 2. The molecule has 0 unspecified atom stereocenters. The summed E-state index contributed by atoms with van der Waals surface area (Å²) < 4.78 is 29.0. The summed E-state index contributed by atoms with van der Waals surface area (Å²) in [4.78, 5) is 46.8. The fourth-order valence-corrected chi connectivity index (χ4v) is 2.53. The van der Waals surface area contributed by atoms with Crippen LogP contribution in [0.4, 0.5) is 20.3 Å². The van der Waals surface area contributed by atoms with Gasteiger partial charge in [-0.15, -0.1) is 0 Å². The summed E-state index contributed by atoms with van der Waals surface area (Å²) in [5.41, 5.74) is 3.12. The van der Waals surface area contributed by atoms with Crippen LogP contribution in [0, 0.1) is 11.6 Å². The Bertz CT molecular complexity index is 1030. The van der Waals surface area contributed by atoms with Crippen LogP contribution < -0.4 is 21.9 Å². The van der Waals surface area contributed by atoms with Crippen molar-refractivity contribution in [2.24, 2.45) is 0 Å². The maximum absolute atomic E-state index is 14.6. The number of hydrogen-bond acceptors (Lipinski definition) is 5. The number of halogens is 2. The molecule has 3 rings (SSSR count). The Labute approximate surface area is 138 Å². The summed E-state index contributed by atoms with van der Waals surface area (Å²) >= 11 is 0. The Morgan fingerprint density at radius 2 is 1.88 bits per heavy atom. The highest BCUT2D eigenvalue weighted by Gasteiger charge is 2.32. The van der Waals surface area contributed by atoms with Crippen molar-refractivity contribution in [1.82, 2.24) is 9.88 Å². The van der Waals surface area contributed by atoms with Crippen LogP contribution in [0.5, 0.6) is 0 Å². The first-order valence-electron chi connectivity index (χ1n) is 6.89. The maximum Gasteiger partial charge on any atom is 0.262 e. The van der Waals surface area contributed by atoms with E-state index in [0.717, 1.165) is 25.1 Å². The fourth-order valence-electron chi connectivity index (χ4n) is 2.53. The lowest BCUT2D eigenvalue weighted by Crippen LogP contribution is -2.25. The molecule has 25 heavy (non-hydrogen) atoms. The van der Waals surface area contributed by atoms with Crippen molar-refractivity contribution in [3.05, 3.63) is 51.3 Å². The third-order valence-electron chi connectivity index (χ3n) is 3.57. The van der Waals surface area contributed by atoms with Gasteiger partial charge in [-0.1, -0.05) is 0 Å². The minimum Gasteiger partial charge on any atom is -0.384 e. The molecule has 1 aromatic heterocycles. The van der Waals surface area contributed by atoms with Crippen molar-refractivity contribution in [2.75, 3.05) is 11.1 Å². The number of benzene rings is 1. The van der Waals surface area contributed by atoms with Crippen molar-refractivity contribution in [2.45, 2.75) is 6.92 Å². The molecule has 0 radical (unpaired) electrons. The molecular formula is C15H10F2N4O4. The Morgan fingerprint density at radius 3 is 2.52 bits per heavy atom. The van der Waals surface area contributed by atoms with Gasteiger partial charge in [-0.25, -0.2) is 8.78 Å². The standard InChI is InChI=1S/C15H10F2N4O4/c1-5(22)19-12-7(16)2-3-8(11(12)17)21-9(23)4-6-10(13(21)18)15(25)20-14(6)24/h2-4H,18H2,1H3,(H,19,22)(H,20,24,25). The third-order valence-corrected chi connectivity index (χ3v) is 3.57. The van der Waals surface area contributed by atoms with E-state index < -0.39 is 52.1 Å². The number of carbonyl (C=O) groups excluding carboxylic acids is 3. The van der Waals surface area contributed by atoms with Gasteiger partial charge in [0.05, 0.1) is 16.8 Å². The summed E-state index contributed by atoms with van der Waals surface area (Å²) in [6.07, 6.45) is 0. The molecule has 2 heterocycles. The average molecular weight is 348 g/mol. The summed E-state index contributed by atoms with van der Waals surface area (Å²) in [5.74, 6) is -5.16. The van der Waals surface area contributed by atoms with Gasteiger partial charge in [0.2, 0.25) is 5.91 Å². The number of pyridine rings is 1. The van der Waals surface area contributed by atoms with E-state index in [1.807, 2.05) is 10.6 Å². The van der Waals surface area contributed by atoms with Crippen LogP contribution >= 0.6 is 0 Å². The molecule has 0 bridgehead atoms. The molecule has 128 valence electrons. The van der Waals surface area contributed by atoms with E-state index in [1.165, 1.54) is 0 Å². The Kier molecular flexibility index (Phi) is 3.59. The van der Waals surface area contributed by atoms with Crippen LogP contribution in [-0.4, -0.2) is 22.3 Å². The first-order valence-corrected chi connectivity index (χ1v) is 6.89. The predicted octanol–water partition coefficient (Wildman–Crippen LogP) is 0.540. The first kappa shape index (κ1) is 16.3. The van der Waals surface area contributed by atoms with Gasteiger partial charge in [-0.2, -0.15) is 0 Å². The zero-order valence-corrected chi connectivity index (χ0v) is 12.6. The van der Waals surface area contributed by atoms with Crippen LogP contribution in [0.3, 0.4) is 0 Å². The number of hydrogen-bond donors (Lipinski definition) is 3. The number of amides is 3. The van der Waals surface area contributed by atoms with Crippen LogP contribution in [0.1, 0.15) is 27.6 Å². The van der Waals surface area contributed by atoms with Crippen molar-refractivity contribution < 1.29 is 23.2 Å². The Balaban J connectivity index is 2.31. The molecule has 0 aliphatic carbocycles. The lowest BCUT2D eigenvalue weighted by molar-refractivity contribution is -0.114. The van der Waals surface area contributed by atoms with Crippen molar-refractivity contribution in [3.8, 4) is 5.69 Å². The summed E-state index contributed by atoms with van der Waals surface area (Å²) in [6, 6.07) is 2.58. The second-order valence-corrected chi connectivity index (χ2v) is 5.21. The number of fused-ring (bicyclic) bond motifs is 1. The zero-order chi connectivity index (χ0) is 18.5. The molecule has 0 fully saturated rings. The van der Waals surface area contributed by atoms with Gasteiger partial charge in [0.15, 0.2) is 5.82 Å². The van der Waals surface area contributed by atoms with E-state index in [9.17, 15) is 28.0 Å². The number of imide groups is 1. The van der Waals surface area contributed by atoms with E-state index in [4.69, 9.17) is 5.73 Å². The van der Waals surface area contributed by atoms with Crippen molar-refractivity contribution in [3.63, 3.8) is 0 Å². The lowest BCUT2D eigenvalue weighted by atomic mass is 10.1. The number of nitrogens with two attached hydrogens (primary N) is 1. The largest absolute Gasteiger partial charge is 0.384 e. The fraction of sp³-hybridized carbons (Fsp3) is 0.0667. The molecule has 0 saturated heterocycles. The number of nitrogens with one attached hydrogen (secondary N) is 2. The average Bonchev–Trinajstić information content (AvgIpc) is 2.79. The number of nitrogen functional groups attached to an aromatic ring is 1.